The van der Waals surface area contributed by atoms with Gasteiger partial charge in [0.1, 0.15) is 5.75 Å². The van der Waals surface area contributed by atoms with E-state index in [-0.39, 0.29) is 5.95 Å². The molecule has 0 aliphatic carbocycles. The predicted octanol–water partition coefficient (Wildman–Crippen LogP) is 1.50. The van der Waals surface area contributed by atoms with Crippen molar-refractivity contribution < 1.29 is 4.74 Å². The van der Waals surface area contributed by atoms with Crippen LogP contribution in [0.25, 0.3) is 11.4 Å². The first-order chi connectivity index (χ1) is 9.01. The van der Waals surface area contributed by atoms with E-state index < -0.39 is 0 Å². The largest absolute Gasteiger partial charge is 0.497 e. The molecule has 0 atom stereocenters. The summed E-state index contributed by atoms with van der Waals surface area (Å²) in [7, 11) is 5.36. The minimum absolute atomic E-state index is 0.212. The van der Waals surface area contributed by atoms with E-state index in [0.29, 0.717) is 11.8 Å². The van der Waals surface area contributed by atoms with Crippen LogP contribution in [-0.4, -0.2) is 36.2 Å². The molecule has 6 heteroatoms. The molecule has 2 aromatic rings. The summed E-state index contributed by atoms with van der Waals surface area (Å²) in [5.41, 5.74) is 7.66. The highest BCUT2D eigenvalue weighted by Crippen LogP contribution is 2.25. The first kappa shape index (κ1) is 13.1. The average molecular weight is 259 g/mol. The van der Waals surface area contributed by atoms with E-state index in [1.807, 2.05) is 39.2 Å². The lowest BCUT2D eigenvalue weighted by atomic mass is 10.1. The molecule has 0 fully saturated rings. The molecule has 0 aliphatic heterocycles. The summed E-state index contributed by atoms with van der Waals surface area (Å²) < 4.78 is 5.19. The molecule has 0 amide bonds. The molecule has 100 valence electrons. The Bertz CT molecular complexity index is 598. The molecule has 6 nitrogen and oxygen atoms in total. The van der Waals surface area contributed by atoms with Crippen molar-refractivity contribution in [2.24, 2.45) is 0 Å². The van der Waals surface area contributed by atoms with Crippen LogP contribution in [0.5, 0.6) is 5.75 Å². The maximum Gasteiger partial charge on any atom is 0.230 e. The molecule has 0 saturated heterocycles. The number of hydrogen-bond donors (Lipinski definition) is 1. The van der Waals surface area contributed by atoms with Crippen LogP contribution in [0, 0.1) is 6.92 Å². The van der Waals surface area contributed by atoms with E-state index in [2.05, 4.69) is 15.0 Å². The summed E-state index contributed by atoms with van der Waals surface area (Å²) in [5, 5.41) is 0. The minimum atomic E-state index is 0.212. The molecule has 1 aromatic carbocycles. The number of anilines is 2. The van der Waals surface area contributed by atoms with Crippen molar-refractivity contribution >= 4 is 11.9 Å². The van der Waals surface area contributed by atoms with Crippen LogP contribution in [-0.2, 0) is 0 Å². The third-order valence-corrected chi connectivity index (χ3v) is 2.72. The molecule has 1 aromatic heterocycles. The summed E-state index contributed by atoms with van der Waals surface area (Å²) in [6, 6.07) is 5.73. The van der Waals surface area contributed by atoms with Gasteiger partial charge in [0.2, 0.25) is 11.9 Å². The lowest BCUT2D eigenvalue weighted by molar-refractivity contribution is 0.414. The number of nitrogen functional groups attached to an aromatic ring is 1. The maximum atomic E-state index is 5.73. The fraction of sp³-hybridized carbons (Fsp3) is 0.308. The second-order valence-corrected chi connectivity index (χ2v) is 4.39. The van der Waals surface area contributed by atoms with E-state index >= 15 is 0 Å². The summed E-state index contributed by atoms with van der Waals surface area (Å²) >= 11 is 0. The fourth-order valence-electron chi connectivity index (χ4n) is 1.72. The van der Waals surface area contributed by atoms with Crippen LogP contribution in [0.15, 0.2) is 18.2 Å². The fourth-order valence-corrected chi connectivity index (χ4v) is 1.72. The Kier molecular flexibility index (Phi) is 3.50. The summed E-state index contributed by atoms with van der Waals surface area (Å²) in [6.45, 7) is 1.98. The highest BCUT2D eigenvalue weighted by Gasteiger charge is 2.11. The van der Waals surface area contributed by atoms with Gasteiger partial charge in [-0.15, -0.1) is 0 Å². The van der Waals surface area contributed by atoms with Gasteiger partial charge in [0.05, 0.1) is 7.11 Å². The van der Waals surface area contributed by atoms with Gasteiger partial charge in [0.15, 0.2) is 5.82 Å². The zero-order valence-corrected chi connectivity index (χ0v) is 11.5. The molecule has 2 N–H and O–H groups in total. The van der Waals surface area contributed by atoms with E-state index in [4.69, 9.17) is 10.5 Å². The van der Waals surface area contributed by atoms with Crippen molar-refractivity contribution in [2.75, 3.05) is 31.8 Å². The lowest BCUT2D eigenvalue weighted by Crippen LogP contribution is -2.15. The number of ether oxygens (including phenoxy) is 1. The normalized spacial score (nSPS) is 10.3. The number of methoxy groups -OCH3 is 1. The van der Waals surface area contributed by atoms with Gasteiger partial charge in [-0.25, -0.2) is 0 Å². The highest BCUT2D eigenvalue weighted by molar-refractivity contribution is 5.63. The zero-order valence-electron chi connectivity index (χ0n) is 11.5. The van der Waals surface area contributed by atoms with E-state index in [1.165, 1.54) is 0 Å². The van der Waals surface area contributed by atoms with Crippen molar-refractivity contribution in [3.05, 3.63) is 23.8 Å². The first-order valence-electron chi connectivity index (χ1n) is 5.85. The molecule has 1 heterocycles. The Morgan fingerprint density at radius 2 is 1.89 bits per heavy atom. The first-order valence-corrected chi connectivity index (χ1v) is 5.85. The van der Waals surface area contributed by atoms with Gasteiger partial charge in [-0.05, 0) is 30.7 Å². The molecule has 2 rings (SSSR count). The van der Waals surface area contributed by atoms with Crippen molar-refractivity contribution in [1.82, 2.24) is 15.0 Å². The van der Waals surface area contributed by atoms with E-state index in [9.17, 15) is 0 Å². The molecule has 0 bridgehead atoms. The molecule has 0 spiro atoms. The van der Waals surface area contributed by atoms with Crippen LogP contribution in [0.3, 0.4) is 0 Å². The van der Waals surface area contributed by atoms with Crippen LogP contribution < -0.4 is 15.4 Å². The molecule has 0 unspecified atom stereocenters. The molecule has 19 heavy (non-hydrogen) atoms. The van der Waals surface area contributed by atoms with Gasteiger partial charge < -0.3 is 15.4 Å². The second kappa shape index (κ2) is 5.09. The Morgan fingerprint density at radius 1 is 1.16 bits per heavy atom. The maximum absolute atomic E-state index is 5.73. The smallest absolute Gasteiger partial charge is 0.230 e. The van der Waals surface area contributed by atoms with Gasteiger partial charge >= 0.3 is 0 Å². The highest BCUT2D eigenvalue weighted by atomic mass is 16.5. The quantitative estimate of drug-likeness (QED) is 0.900. The minimum Gasteiger partial charge on any atom is -0.497 e. The average Bonchev–Trinajstić information content (AvgIpc) is 2.37. The number of benzene rings is 1. The van der Waals surface area contributed by atoms with Crippen molar-refractivity contribution in [3.63, 3.8) is 0 Å². The number of nitrogens with two attached hydrogens (primary N) is 1. The van der Waals surface area contributed by atoms with Gasteiger partial charge in [-0.2, -0.15) is 15.0 Å². The Balaban J connectivity index is 2.52. The van der Waals surface area contributed by atoms with Gasteiger partial charge in [0, 0.05) is 19.7 Å². The van der Waals surface area contributed by atoms with Crippen LogP contribution in [0.4, 0.5) is 11.9 Å². The van der Waals surface area contributed by atoms with E-state index in [1.54, 1.807) is 12.0 Å². The van der Waals surface area contributed by atoms with Gasteiger partial charge in [-0.3, -0.25) is 0 Å². The van der Waals surface area contributed by atoms with Crippen molar-refractivity contribution in [3.8, 4) is 17.1 Å². The van der Waals surface area contributed by atoms with Gasteiger partial charge in [-0.1, -0.05) is 0 Å². The standard InChI is InChI=1S/C13H17N5O/c1-8-7-9(19-4)5-6-10(8)11-15-12(14)17-13(16-11)18(2)3/h5-7H,1-4H3,(H2,14,15,16,17). The summed E-state index contributed by atoms with van der Waals surface area (Å²) in [4.78, 5) is 14.5. The van der Waals surface area contributed by atoms with Crippen LogP contribution >= 0.6 is 0 Å². The number of nitrogens with zero attached hydrogens (tertiary/aromatic N) is 4. The molecular formula is C13H17N5O. The van der Waals surface area contributed by atoms with Crippen molar-refractivity contribution in [2.45, 2.75) is 6.92 Å². The SMILES string of the molecule is COc1ccc(-c2nc(N)nc(N(C)C)n2)c(C)c1. The van der Waals surface area contributed by atoms with Gasteiger partial charge in [0.25, 0.3) is 0 Å². The summed E-state index contributed by atoms with van der Waals surface area (Å²) in [5.74, 6) is 2.12. The second-order valence-electron chi connectivity index (χ2n) is 4.39. The number of hydrogen-bond acceptors (Lipinski definition) is 6. The number of aryl methyl sites for hydroxylation is 1. The third kappa shape index (κ3) is 2.73. The monoisotopic (exact) mass is 259 g/mol. The topological polar surface area (TPSA) is 77.2 Å². The zero-order chi connectivity index (χ0) is 14.0. The van der Waals surface area contributed by atoms with E-state index in [0.717, 1.165) is 16.9 Å². The summed E-state index contributed by atoms with van der Waals surface area (Å²) in [6.07, 6.45) is 0. The van der Waals surface area contributed by atoms with Crippen molar-refractivity contribution in [1.29, 1.82) is 0 Å². The number of rotatable bonds is 3. The predicted molar refractivity (Wildman–Crippen MR) is 75.3 cm³/mol. The Labute approximate surface area is 112 Å². The molecule has 0 radical (unpaired) electrons. The van der Waals surface area contributed by atoms with Crippen LogP contribution in [0.2, 0.25) is 0 Å². The molecular weight excluding hydrogens is 242 g/mol. The molecule has 0 aliphatic rings. The van der Waals surface area contributed by atoms with Crippen LogP contribution in [0.1, 0.15) is 5.56 Å². The molecule has 0 saturated carbocycles. The third-order valence-electron chi connectivity index (χ3n) is 2.72. The lowest BCUT2D eigenvalue weighted by Gasteiger charge is -2.12. The number of aromatic nitrogens is 3. The Hall–Kier alpha value is -2.37. The Morgan fingerprint density at radius 3 is 2.47 bits per heavy atom.